The Morgan fingerprint density at radius 1 is 1.11 bits per heavy atom. The van der Waals surface area contributed by atoms with Crippen molar-refractivity contribution in [3.05, 3.63) is 35.4 Å². The summed E-state index contributed by atoms with van der Waals surface area (Å²) in [5, 5.41) is 6.17. The summed E-state index contributed by atoms with van der Waals surface area (Å²) in [6, 6.07) is 7.30. The van der Waals surface area contributed by atoms with Crippen molar-refractivity contribution in [2.24, 2.45) is 4.99 Å². The molecule has 2 N–H and O–H groups in total. The number of carbonyl (C=O) groups excluding carboxylic acids is 1. The van der Waals surface area contributed by atoms with Gasteiger partial charge in [0.05, 0.1) is 17.0 Å². The van der Waals surface area contributed by atoms with Crippen LogP contribution in [0.15, 0.2) is 29.3 Å². The summed E-state index contributed by atoms with van der Waals surface area (Å²) in [4.78, 5) is 17.9. The molecular weight excluding hydrogens is 364 g/mol. The van der Waals surface area contributed by atoms with Crippen LogP contribution >= 0.6 is 0 Å². The van der Waals surface area contributed by atoms with Crippen molar-refractivity contribution in [3.63, 3.8) is 0 Å². The summed E-state index contributed by atoms with van der Waals surface area (Å²) in [5.74, 6) is 0.567. The van der Waals surface area contributed by atoms with Gasteiger partial charge in [-0.15, -0.1) is 0 Å². The Hall–Kier alpha value is -2.09. The number of nitrogens with one attached hydrogen (secondary N) is 2. The number of amides is 1. The zero-order chi connectivity index (χ0) is 20.7. The predicted octanol–water partition coefficient (Wildman–Crippen LogP) is 1.66. The van der Waals surface area contributed by atoms with Crippen LogP contribution in [0.4, 0.5) is 0 Å². The minimum atomic E-state index is -3.18. The van der Waals surface area contributed by atoms with E-state index in [1.54, 1.807) is 47.0 Å². The van der Waals surface area contributed by atoms with Gasteiger partial charge >= 0.3 is 0 Å². The molecule has 152 valence electrons. The standard InChI is InChI=1S/C19H32N4O3S/c1-7-20-18(21-12-13-27(25,26)19(2,3)4)22-14-15-8-10-16(11-9-15)17(24)23(5)6/h8-11H,7,12-14H2,1-6H3,(H2,20,21,22). The molecule has 0 atom stereocenters. The molecule has 0 radical (unpaired) electrons. The predicted molar refractivity (Wildman–Crippen MR) is 111 cm³/mol. The number of benzene rings is 1. The zero-order valence-electron chi connectivity index (χ0n) is 17.2. The Labute approximate surface area is 163 Å². The molecule has 0 fully saturated rings. The number of nitrogens with zero attached hydrogens (tertiary/aromatic N) is 2. The highest BCUT2D eigenvalue weighted by atomic mass is 32.2. The molecule has 7 nitrogen and oxygen atoms in total. The van der Waals surface area contributed by atoms with Crippen molar-refractivity contribution in [3.8, 4) is 0 Å². The zero-order valence-corrected chi connectivity index (χ0v) is 18.0. The molecular formula is C19H32N4O3S. The minimum absolute atomic E-state index is 0.0416. The average molecular weight is 397 g/mol. The van der Waals surface area contributed by atoms with Crippen LogP contribution in [0.25, 0.3) is 0 Å². The number of hydrogen-bond donors (Lipinski definition) is 2. The lowest BCUT2D eigenvalue weighted by atomic mass is 10.1. The van der Waals surface area contributed by atoms with Crippen LogP contribution in [0.3, 0.4) is 0 Å². The maximum absolute atomic E-state index is 12.2. The third-order valence-corrected chi connectivity index (χ3v) is 6.57. The Morgan fingerprint density at radius 3 is 2.19 bits per heavy atom. The normalized spacial score (nSPS) is 12.6. The highest BCUT2D eigenvalue weighted by Gasteiger charge is 2.28. The van der Waals surface area contributed by atoms with Crippen LogP contribution in [-0.4, -0.2) is 62.9 Å². The monoisotopic (exact) mass is 396 g/mol. The van der Waals surface area contributed by atoms with Gasteiger partial charge in [0.2, 0.25) is 0 Å². The van der Waals surface area contributed by atoms with E-state index in [9.17, 15) is 13.2 Å². The third kappa shape index (κ3) is 7.21. The number of sulfone groups is 1. The number of rotatable bonds is 7. The van der Waals surface area contributed by atoms with Crippen molar-refractivity contribution in [2.45, 2.75) is 39.0 Å². The topological polar surface area (TPSA) is 90.9 Å². The van der Waals surface area contributed by atoms with Crippen LogP contribution in [0, 0.1) is 0 Å². The molecule has 0 saturated carbocycles. The molecule has 1 aromatic rings. The smallest absolute Gasteiger partial charge is 0.253 e. The fourth-order valence-corrected chi connectivity index (χ4v) is 3.12. The first-order valence-corrected chi connectivity index (χ1v) is 10.7. The van der Waals surface area contributed by atoms with E-state index < -0.39 is 14.6 Å². The van der Waals surface area contributed by atoms with Crippen molar-refractivity contribution in [2.75, 3.05) is 32.9 Å². The van der Waals surface area contributed by atoms with Gasteiger partial charge in [-0.2, -0.15) is 0 Å². The summed E-state index contributed by atoms with van der Waals surface area (Å²) in [6.45, 7) is 8.45. The molecule has 0 spiro atoms. The molecule has 0 aromatic heterocycles. The Balaban J connectivity index is 2.70. The Morgan fingerprint density at radius 2 is 1.70 bits per heavy atom. The summed E-state index contributed by atoms with van der Waals surface area (Å²) in [7, 11) is 0.257. The Kier molecular flexibility index (Phi) is 8.27. The van der Waals surface area contributed by atoms with Crippen molar-refractivity contribution in [1.82, 2.24) is 15.5 Å². The average Bonchev–Trinajstić information content (AvgIpc) is 2.58. The molecule has 0 unspecified atom stereocenters. The molecule has 0 aliphatic heterocycles. The van der Waals surface area contributed by atoms with Gasteiger partial charge in [-0.05, 0) is 45.4 Å². The van der Waals surface area contributed by atoms with E-state index in [1.165, 1.54) is 4.90 Å². The van der Waals surface area contributed by atoms with E-state index in [2.05, 4.69) is 15.6 Å². The highest BCUT2D eigenvalue weighted by molar-refractivity contribution is 7.92. The summed E-state index contributed by atoms with van der Waals surface area (Å²) < 4.78 is 23.6. The lowest BCUT2D eigenvalue weighted by molar-refractivity contribution is 0.0827. The minimum Gasteiger partial charge on any atom is -0.357 e. The SMILES string of the molecule is CCNC(=NCc1ccc(C(=O)N(C)C)cc1)NCCS(=O)(=O)C(C)(C)C. The van der Waals surface area contributed by atoms with Gasteiger partial charge in [0, 0.05) is 32.7 Å². The molecule has 0 bridgehead atoms. The lowest BCUT2D eigenvalue weighted by Gasteiger charge is -2.19. The van der Waals surface area contributed by atoms with Crippen LogP contribution in [0.1, 0.15) is 43.6 Å². The van der Waals surface area contributed by atoms with Crippen LogP contribution in [-0.2, 0) is 16.4 Å². The van der Waals surface area contributed by atoms with Crippen LogP contribution in [0.5, 0.6) is 0 Å². The number of carbonyl (C=O) groups is 1. The summed E-state index contributed by atoms with van der Waals surface area (Å²) in [5.41, 5.74) is 1.59. The van der Waals surface area contributed by atoms with Gasteiger partial charge in [-0.25, -0.2) is 13.4 Å². The second kappa shape index (κ2) is 9.73. The fourth-order valence-electron chi connectivity index (χ4n) is 2.13. The van der Waals surface area contributed by atoms with E-state index in [0.29, 0.717) is 31.2 Å². The maximum Gasteiger partial charge on any atom is 0.253 e. The van der Waals surface area contributed by atoms with E-state index in [0.717, 1.165) is 5.56 Å². The van der Waals surface area contributed by atoms with E-state index in [-0.39, 0.29) is 11.7 Å². The van der Waals surface area contributed by atoms with Crippen molar-refractivity contribution < 1.29 is 13.2 Å². The van der Waals surface area contributed by atoms with E-state index in [1.807, 2.05) is 19.1 Å². The van der Waals surface area contributed by atoms with Crippen LogP contribution in [0.2, 0.25) is 0 Å². The van der Waals surface area contributed by atoms with Gasteiger partial charge in [-0.1, -0.05) is 12.1 Å². The van der Waals surface area contributed by atoms with E-state index >= 15 is 0 Å². The molecule has 0 aliphatic carbocycles. The first-order chi connectivity index (χ1) is 12.5. The number of aliphatic imine (C=N–C) groups is 1. The molecule has 1 amide bonds. The number of hydrogen-bond acceptors (Lipinski definition) is 4. The first kappa shape index (κ1) is 23.0. The van der Waals surface area contributed by atoms with Crippen molar-refractivity contribution >= 4 is 21.7 Å². The maximum atomic E-state index is 12.2. The number of guanidine groups is 1. The van der Waals surface area contributed by atoms with Gasteiger partial charge in [-0.3, -0.25) is 4.79 Å². The molecule has 1 aromatic carbocycles. The van der Waals surface area contributed by atoms with Gasteiger partial charge in [0.15, 0.2) is 15.8 Å². The molecule has 0 heterocycles. The quantitative estimate of drug-likeness (QED) is 0.540. The summed E-state index contributed by atoms with van der Waals surface area (Å²) in [6.07, 6.45) is 0. The fraction of sp³-hybridized carbons (Fsp3) is 0.579. The largest absolute Gasteiger partial charge is 0.357 e. The molecule has 0 aliphatic rings. The molecule has 0 saturated heterocycles. The molecule has 8 heteroatoms. The van der Waals surface area contributed by atoms with Gasteiger partial charge in [0.25, 0.3) is 5.91 Å². The third-order valence-electron chi connectivity index (χ3n) is 3.97. The summed E-state index contributed by atoms with van der Waals surface area (Å²) >= 11 is 0. The second-order valence-electron chi connectivity index (χ2n) is 7.45. The van der Waals surface area contributed by atoms with Gasteiger partial charge in [0.1, 0.15) is 0 Å². The molecule has 27 heavy (non-hydrogen) atoms. The van der Waals surface area contributed by atoms with Crippen molar-refractivity contribution in [1.29, 1.82) is 0 Å². The Bertz CT molecular complexity index is 748. The van der Waals surface area contributed by atoms with Crippen LogP contribution < -0.4 is 10.6 Å². The van der Waals surface area contributed by atoms with Gasteiger partial charge < -0.3 is 15.5 Å². The highest BCUT2D eigenvalue weighted by Crippen LogP contribution is 2.15. The molecule has 1 rings (SSSR count). The second-order valence-corrected chi connectivity index (χ2v) is 10.3. The van der Waals surface area contributed by atoms with E-state index in [4.69, 9.17) is 0 Å². The first-order valence-electron chi connectivity index (χ1n) is 9.03. The lowest BCUT2D eigenvalue weighted by Crippen LogP contribution is -2.41.